The topological polar surface area (TPSA) is 265 Å². The van der Waals surface area contributed by atoms with Gasteiger partial charge >= 0.3 is 190 Å². The molecule has 0 amide bonds. The second kappa shape index (κ2) is 18.1. The Balaban J connectivity index is -0.000000480. The molecular weight excluding hydrogens is 485 g/mol. The van der Waals surface area contributed by atoms with Crippen LogP contribution in [-0.2, 0) is 33.5 Å². The Labute approximate surface area is 290 Å². The molecule has 0 spiro atoms. The fraction of sp³-hybridized carbons (Fsp3) is 0.500. The van der Waals surface area contributed by atoms with Gasteiger partial charge in [0.25, 0.3) is 0 Å². The van der Waals surface area contributed by atoms with Crippen LogP contribution in [0.2, 0.25) is 0 Å². The molecule has 29 heavy (non-hydrogen) atoms. The standard InChI is InChI=1S/C12H14O13.3K.H2O.3H/c13-5(14)1-11(24,9(20)21)4-8(19)25-12(10(22)23,2-6(15)16)3-7(17)18;;;;;;;/h24H,1-4H2,(H,13,14)(H,15,16)(H,17,18)(H,20,21)(H,22,23);;;;1H2;;;. The van der Waals surface area contributed by atoms with Crippen LogP contribution >= 0.6 is 0 Å². The maximum absolute atomic E-state index is 11.7. The predicted octanol–water partition coefficient (Wildman–Crippen LogP) is -4.79. The van der Waals surface area contributed by atoms with E-state index in [0.717, 1.165) is 0 Å². The van der Waals surface area contributed by atoms with Gasteiger partial charge in [-0.25, -0.2) is 9.59 Å². The van der Waals surface area contributed by atoms with E-state index in [2.05, 4.69) is 4.74 Å². The Morgan fingerprint density at radius 3 is 1.21 bits per heavy atom. The molecular formula is C12H19K3O14. The summed E-state index contributed by atoms with van der Waals surface area (Å²) < 4.78 is 4.33. The van der Waals surface area contributed by atoms with Crippen molar-refractivity contribution in [2.45, 2.75) is 36.9 Å². The van der Waals surface area contributed by atoms with E-state index in [1.807, 2.05) is 0 Å². The van der Waals surface area contributed by atoms with Crippen molar-refractivity contribution in [2.75, 3.05) is 0 Å². The number of esters is 1. The summed E-state index contributed by atoms with van der Waals surface area (Å²) in [5.74, 6) is -11.6. The van der Waals surface area contributed by atoms with E-state index >= 15 is 0 Å². The van der Waals surface area contributed by atoms with Gasteiger partial charge in [-0.3, -0.25) is 19.2 Å². The molecule has 0 saturated heterocycles. The van der Waals surface area contributed by atoms with Crippen molar-refractivity contribution in [1.82, 2.24) is 0 Å². The molecule has 1 unspecified atom stereocenters. The zero-order valence-corrected chi connectivity index (χ0v) is 12.9. The van der Waals surface area contributed by atoms with Crippen LogP contribution in [0.25, 0.3) is 0 Å². The molecule has 14 nitrogen and oxygen atoms in total. The number of rotatable bonds is 11. The van der Waals surface area contributed by atoms with E-state index < -0.39 is 72.7 Å². The molecule has 0 bridgehead atoms. The van der Waals surface area contributed by atoms with E-state index in [9.17, 15) is 33.9 Å². The van der Waals surface area contributed by atoms with Gasteiger partial charge in [-0.2, -0.15) is 0 Å². The summed E-state index contributed by atoms with van der Waals surface area (Å²) in [5, 5.41) is 53.5. The average molecular weight is 505 g/mol. The molecule has 17 heteroatoms. The van der Waals surface area contributed by atoms with Crippen molar-refractivity contribution in [3.8, 4) is 0 Å². The van der Waals surface area contributed by atoms with Crippen LogP contribution in [0.15, 0.2) is 0 Å². The normalized spacial score (nSPS) is 11.5. The van der Waals surface area contributed by atoms with Gasteiger partial charge < -0.3 is 40.9 Å². The number of carbonyl (C=O) groups excluding carboxylic acids is 1. The van der Waals surface area contributed by atoms with Crippen LogP contribution in [-0.4, -0.2) is 237 Å². The Bertz CT molecular complexity index is 605. The van der Waals surface area contributed by atoms with E-state index in [1.165, 1.54) is 0 Å². The number of hydrogen-bond acceptors (Lipinski definition) is 8. The average Bonchev–Trinajstić information content (AvgIpc) is 2.34. The van der Waals surface area contributed by atoms with E-state index in [-0.39, 0.29) is 160 Å². The second-order valence-corrected chi connectivity index (χ2v) is 5.00. The maximum atomic E-state index is 11.7. The van der Waals surface area contributed by atoms with Crippen LogP contribution in [0.5, 0.6) is 0 Å². The molecule has 0 aromatic rings. The van der Waals surface area contributed by atoms with Gasteiger partial charge in [0.05, 0.1) is 25.7 Å². The summed E-state index contributed by atoms with van der Waals surface area (Å²) in [6, 6.07) is 0. The molecule has 0 aromatic heterocycles. The quantitative estimate of drug-likeness (QED) is 0.114. The fourth-order valence-electron chi connectivity index (χ4n) is 1.77. The van der Waals surface area contributed by atoms with Crippen molar-refractivity contribution in [2.24, 2.45) is 0 Å². The molecule has 0 rings (SSSR count). The zero-order valence-electron chi connectivity index (χ0n) is 12.9. The molecule has 0 aliphatic carbocycles. The van der Waals surface area contributed by atoms with Crippen LogP contribution in [0.1, 0.15) is 25.7 Å². The first kappa shape index (κ1) is 41.0. The number of ether oxygens (including phenoxy) is 1. The zero-order chi connectivity index (χ0) is 20.0. The minimum absolute atomic E-state index is 0. The first-order valence-corrected chi connectivity index (χ1v) is 6.30. The molecule has 0 fully saturated rings. The Morgan fingerprint density at radius 2 is 0.966 bits per heavy atom. The van der Waals surface area contributed by atoms with Crippen LogP contribution in [0.3, 0.4) is 0 Å². The van der Waals surface area contributed by atoms with E-state index in [1.54, 1.807) is 0 Å². The van der Waals surface area contributed by atoms with Gasteiger partial charge in [0.15, 0.2) is 5.60 Å². The van der Waals surface area contributed by atoms with Gasteiger partial charge in [0.2, 0.25) is 5.60 Å². The van der Waals surface area contributed by atoms with Gasteiger partial charge in [-0.1, -0.05) is 0 Å². The minimum atomic E-state index is -3.17. The van der Waals surface area contributed by atoms with Crippen LogP contribution < -0.4 is 0 Å². The van der Waals surface area contributed by atoms with Gasteiger partial charge in [-0.15, -0.1) is 0 Å². The molecule has 0 aliphatic rings. The van der Waals surface area contributed by atoms with E-state index in [4.69, 9.17) is 25.5 Å². The monoisotopic (exact) mass is 504 g/mol. The summed E-state index contributed by atoms with van der Waals surface area (Å²) >= 11 is 0. The SMILES string of the molecule is O.O=C(O)CC(O)(CC(=O)OC(CC(=O)O)(CC(=O)O)C(=O)O)C(=O)O.[KH].[KH].[KH]. The molecule has 0 heterocycles. The number of carboxylic acids is 5. The summed E-state index contributed by atoms with van der Waals surface area (Å²) in [6.07, 6.45) is -5.94. The summed E-state index contributed by atoms with van der Waals surface area (Å²) in [4.78, 5) is 66.0. The predicted molar refractivity (Wildman–Crippen MR) is 95.5 cm³/mol. The number of carbonyl (C=O) groups is 6. The summed E-state index contributed by atoms with van der Waals surface area (Å²) in [6.45, 7) is 0. The molecule has 1 atom stereocenters. The Kier molecular flexibility index (Phi) is 25.6. The number of aliphatic hydroxyl groups is 1. The van der Waals surface area contributed by atoms with Crippen molar-refractivity contribution >= 4 is 190 Å². The molecule has 154 valence electrons. The van der Waals surface area contributed by atoms with Crippen molar-refractivity contribution in [3.63, 3.8) is 0 Å². The first-order chi connectivity index (χ1) is 11.2. The molecule has 0 saturated carbocycles. The Morgan fingerprint density at radius 1 is 0.621 bits per heavy atom. The van der Waals surface area contributed by atoms with Crippen molar-refractivity contribution < 1.29 is 69.6 Å². The molecule has 8 N–H and O–H groups in total. The van der Waals surface area contributed by atoms with E-state index in [0.29, 0.717) is 0 Å². The third-order valence-corrected chi connectivity index (χ3v) is 2.85. The van der Waals surface area contributed by atoms with Gasteiger partial charge in [-0.05, 0) is 0 Å². The molecule has 0 aliphatic heterocycles. The summed E-state index contributed by atoms with van der Waals surface area (Å²) in [5.41, 5.74) is -6.24. The fourth-order valence-corrected chi connectivity index (χ4v) is 1.77. The number of carboxylic acid groups (broad SMARTS) is 5. The molecule has 0 aromatic carbocycles. The third-order valence-electron chi connectivity index (χ3n) is 2.85. The van der Waals surface area contributed by atoms with Gasteiger partial charge in [0.1, 0.15) is 0 Å². The number of hydrogen-bond donors (Lipinski definition) is 6. The molecule has 0 radical (unpaired) electrons. The Hall–Kier alpha value is 1.65. The summed E-state index contributed by atoms with van der Waals surface area (Å²) in [7, 11) is 0. The van der Waals surface area contributed by atoms with Crippen molar-refractivity contribution in [3.05, 3.63) is 0 Å². The van der Waals surface area contributed by atoms with Crippen molar-refractivity contribution in [1.29, 1.82) is 0 Å². The number of aliphatic carboxylic acids is 5. The van der Waals surface area contributed by atoms with Crippen LogP contribution in [0, 0.1) is 0 Å². The first-order valence-electron chi connectivity index (χ1n) is 6.30. The van der Waals surface area contributed by atoms with Crippen LogP contribution in [0.4, 0.5) is 0 Å². The second-order valence-electron chi connectivity index (χ2n) is 5.00. The van der Waals surface area contributed by atoms with Gasteiger partial charge in [0, 0.05) is 0 Å². The third kappa shape index (κ3) is 15.2.